The summed E-state index contributed by atoms with van der Waals surface area (Å²) in [6.45, 7) is 5.72. The molecule has 194 valence electrons. The van der Waals surface area contributed by atoms with E-state index in [1.165, 1.54) is 17.7 Å². The van der Waals surface area contributed by atoms with Crippen molar-refractivity contribution in [2.75, 3.05) is 19.3 Å². The minimum atomic E-state index is -3.94. The monoisotopic (exact) mass is 517 g/mol. The Balaban J connectivity index is 1.52. The molecule has 0 aromatic heterocycles. The summed E-state index contributed by atoms with van der Waals surface area (Å²) in [6, 6.07) is 18.0. The Bertz CT molecular complexity index is 1130. The summed E-state index contributed by atoms with van der Waals surface area (Å²) in [6.07, 6.45) is 1.76. The van der Waals surface area contributed by atoms with E-state index in [1.807, 2.05) is 44.2 Å². The summed E-state index contributed by atoms with van der Waals surface area (Å²) in [5, 5.41) is 3.17. The first kappa shape index (κ1) is 28.0. The van der Waals surface area contributed by atoms with Crippen molar-refractivity contribution in [1.29, 1.82) is 0 Å². The fraction of sp³-hybridized carbons (Fsp3) is 0.357. The average molecular weight is 518 g/mol. The van der Waals surface area contributed by atoms with Crippen molar-refractivity contribution >= 4 is 7.60 Å². The third-order valence-corrected chi connectivity index (χ3v) is 7.14. The lowest BCUT2D eigenvalue weighted by atomic mass is 9.86. The van der Waals surface area contributed by atoms with Crippen LogP contribution < -0.4 is 10.1 Å². The van der Waals surface area contributed by atoms with Gasteiger partial charge in [0.2, 0.25) is 0 Å². The molecule has 0 aliphatic heterocycles. The zero-order valence-electron chi connectivity index (χ0n) is 20.7. The summed E-state index contributed by atoms with van der Waals surface area (Å²) in [5.41, 5.74) is 5.21. The van der Waals surface area contributed by atoms with Crippen molar-refractivity contribution in [2.45, 2.75) is 45.6 Å². The summed E-state index contributed by atoms with van der Waals surface area (Å²) in [4.78, 5) is 17.8. The van der Waals surface area contributed by atoms with Gasteiger partial charge in [-0.15, -0.1) is 0 Å². The Morgan fingerprint density at radius 1 is 0.889 bits per heavy atom. The summed E-state index contributed by atoms with van der Waals surface area (Å²) in [7, 11) is -3.94. The number of hydrogen-bond acceptors (Lipinski definition) is 3. The maximum absolute atomic E-state index is 14.0. The normalized spacial score (nSPS) is 12.5. The molecular formula is C28H34F2NO4P. The van der Waals surface area contributed by atoms with Crippen molar-refractivity contribution in [3.8, 4) is 5.75 Å². The third kappa shape index (κ3) is 8.82. The molecule has 1 unspecified atom stereocenters. The molecule has 0 saturated carbocycles. The van der Waals surface area contributed by atoms with Gasteiger partial charge in [-0.1, -0.05) is 36.4 Å². The highest BCUT2D eigenvalue weighted by molar-refractivity contribution is 7.51. The molecular weight excluding hydrogens is 483 g/mol. The Morgan fingerprint density at radius 2 is 1.58 bits per heavy atom. The largest absolute Gasteiger partial charge is 0.494 e. The molecule has 1 atom stereocenters. The van der Waals surface area contributed by atoms with Gasteiger partial charge in [0.25, 0.3) is 0 Å². The van der Waals surface area contributed by atoms with E-state index in [2.05, 4.69) is 17.4 Å². The second kappa shape index (κ2) is 13.1. The van der Waals surface area contributed by atoms with Crippen LogP contribution in [0.25, 0.3) is 0 Å². The van der Waals surface area contributed by atoms with Crippen molar-refractivity contribution in [3.05, 3.63) is 100 Å². The number of rotatable bonds is 13. The molecule has 0 bridgehead atoms. The van der Waals surface area contributed by atoms with Gasteiger partial charge in [-0.3, -0.25) is 4.57 Å². The topological polar surface area (TPSA) is 78.8 Å². The molecule has 3 rings (SSSR count). The molecule has 0 aliphatic rings. The van der Waals surface area contributed by atoms with E-state index in [0.717, 1.165) is 40.8 Å². The summed E-state index contributed by atoms with van der Waals surface area (Å²) >= 11 is 0. The first-order valence-electron chi connectivity index (χ1n) is 12.1. The van der Waals surface area contributed by atoms with E-state index < -0.39 is 19.2 Å². The predicted molar refractivity (Wildman–Crippen MR) is 139 cm³/mol. The Morgan fingerprint density at radius 3 is 2.25 bits per heavy atom. The van der Waals surface area contributed by atoms with Crippen molar-refractivity contribution in [1.82, 2.24) is 5.32 Å². The molecule has 3 aromatic carbocycles. The van der Waals surface area contributed by atoms with E-state index in [9.17, 15) is 13.3 Å². The molecule has 0 fully saturated rings. The molecule has 0 aliphatic carbocycles. The second-order valence-corrected chi connectivity index (χ2v) is 10.9. The zero-order chi connectivity index (χ0) is 26.1. The highest BCUT2D eigenvalue weighted by atomic mass is 31.2. The Hall–Kier alpha value is -2.57. The van der Waals surface area contributed by atoms with Gasteiger partial charge in [0.1, 0.15) is 5.75 Å². The van der Waals surface area contributed by atoms with Gasteiger partial charge in [-0.2, -0.15) is 0 Å². The van der Waals surface area contributed by atoms with Crippen LogP contribution in [0.5, 0.6) is 5.75 Å². The zero-order valence-corrected chi connectivity index (χ0v) is 21.6. The first-order chi connectivity index (χ1) is 17.1. The highest BCUT2D eigenvalue weighted by Gasteiger charge is 2.17. The van der Waals surface area contributed by atoms with Crippen molar-refractivity contribution < 1.29 is 27.9 Å². The fourth-order valence-corrected chi connectivity index (χ4v) is 4.63. The van der Waals surface area contributed by atoms with E-state index in [0.29, 0.717) is 26.1 Å². The Labute approximate surface area is 211 Å². The second-order valence-electron chi connectivity index (χ2n) is 9.12. The number of benzene rings is 3. The minimum absolute atomic E-state index is 0.0676. The van der Waals surface area contributed by atoms with Gasteiger partial charge in [0.15, 0.2) is 11.6 Å². The van der Waals surface area contributed by atoms with Crippen molar-refractivity contribution in [2.24, 2.45) is 0 Å². The SMILES string of the molecule is Cc1ccc(C(CCCOc2ccc(CNCCCP(=O)(O)O)cc2)c2ccc(F)c(F)c2)cc1C. The van der Waals surface area contributed by atoms with Gasteiger partial charge in [-0.25, -0.2) is 8.78 Å². The Kier molecular flexibility index (Phi) is 10.2. The molecule has 8 heteroatoms. The highest BCUT2D eigenvalue weighted by Crippen LogP contribution is 2.34. The number of nitrogens with one attached hydrogen (secondary N) is 1. The van der Waals surface area contributed by atoms with Crippen LogP contribution in [0.2, 0.25) is 0 Å². The number of hydrogen-bond donors (Lipinski definition) is 3. The predicted octanol–water partition coefficient (Wildman–Crippen LogP) is 6.23. The number of aryl methyl sites for hydroxylation is 2. The lowest BCUT2D eigenvalue weighted by Gasteiger charge is -2.20. The van der Waals surface area contributed by atoms with Crippen LogP contribution in [-0.2, 0) is 11.1 Å². The van der Waals surface area contributed by atoms with Crippen LogP contribution in [-0.4, -0.2) is 29.1 Å². The molecule has 36 heavy (non-hydrogen) atoms. The lowest BCUT2D eigenvalue weighted by molar-refractivity contribution is 0.304. The van der Waals surface area contributed by atoms with E-state index in [-0.39, 0.29) is 12.1 Å². The standard InChI is InChI=1S/C28H34F2NO4P/c1-20-6-9-23(17-21(20)2)26(24-10-13-27(29)28(30)18-24)5-3-15-35-25-11-7-22(8-12-25)19-31-14-4-16-36(32,33)34/h6-13,17-18,26,31H,3-5,14-16,19H2,1-2H3,(H2,32,33,34). The van der Waals surface area contributed by atoms with Crippen LogP contribution >= 0.6 is 7.60 Å². The third-order valence-electron chi connectivity index (χ3n) is 6.24. The maximum atomic E-state index is 14.0. The molecule has 0 heterocycles. The van der Waals surface area contributed by atoms with Gasteiger partial charge in [0, 0.05) is 12.5 Å². The van der Waals surface area contributed by atoms with Crippen molar-refractivity contribution in [3.63, 3.8) is 0 Å². The average Bonchev–Trinajstić information content (AvgIpc) is 2.83. The van der Waals surface area contributed by atoms with Crippen LogP contribution in [0.1, 0.15) is 53.0 Å². The summed E-state index contributed by atoms with van der Waals surface area (Å²) < 4.78 is 44.3. The van der Waals surface area contributed by atoms with Crippen LogP contribution in [0.15, 0.2) is 60.7 Å². The van der Waals surface area contributed by atoms with Crippen LogP contribution in [0.4, 0.5) is 8.78 Å². The molecule has 3 aromatic rings. The van der Waals surface area contributed by atoms with Crippen LogP contribution in [0.3, 0.4) is 0 Å². The molecule has 0 saturated heterocycles. The quantitative estimate of drug-likeness (QED) is 0.185. The van der Waals surface area contributed by atoms with Gasteiger partial charge in [0.05, 0.1) is 12.8 Å². The van der Waals surface area contributed by atoms with Gasteiger partial charge >= 0.3 is 7.60 Å². The smallest absolute Gasteiger partial charge is 0.325 e. The first-order valence-corrected chi connectivity index (χ1v) is 13.9. The molecule has 5 nitrogen and oxygen atoms in total. The maximum Gasteiger partial charge on any atom is 0.325 e. The minimum Gasteiger partial charge on any atom is -0.494 e. The molecule has 0 radical (unpaired) electrons. The van der Waals surface area contributed by atoms with Gasteiger partial charge in [-0.05, 0) is 91.7 Å². The van der Waals surface area contributed by atoms with E-state index in [4.69, 9.17) is 14.5 Å². The van der Waals surface area contributed by atoms with E-state index >= 15 is 0 Å². The van der Waals surface area contributed by atoms with Gasteiger partial charge < -0.3 is 19.8 Å². The van der Waals surface area contributed by atoms with E-state index in [1.54, 1.807) is 6.07 Å². The lowest BCUT2D eigenvalue weighted by Crippen LogP contribution is -2.15. The fourth-order valence-electron chi connectivity index (χ4n) is 4.06. The molecule has 3 N–H and O–H groups in total. The van der Waals surface area contributed by atoms with Crippen LogP contribution in [0, 0.1) is 25.5 Å². The number of halogens is 2. The molecule has 0 spiro atoms. The number of ether oxygens (including phenoxy) is 1. The molecule has 0 amide bonds. The summed E-state index contributed by atoms with van der Waals surface area (Å²) in [5.74, 6) is -1.01.